The first-order valence-electron chi connectivity index (χ1n) is 10.8. The summed E-state index contributed by atoms with van der Waals surface area (Å²) in [5.74, 6) is 0.640. The number of benzene rings is 1. The third-order valence-electron chi connectivity index (χ3n) is 5.59. The van der Waals surface area contributed by atoms with Crippen LogP contribution in [0.4, 0.5) is 13.2 Å². The molecule has 1 aromatic carbocycles. The number of hydrogen-bond acceptors (Lipinski definition) is 4. The van der Waals surface area contributed by atoms with Gasteiger partial charge in [-0.05, 0) is 56.8 Å². The van der Waals surface area contributed by atoms with Gasteiger partial charge in [0, 0.05) is 44.1 Å². The lowest BCUT2D eigenvalue weighted by atomic mass is 10.2. The quantitative estimate of drug-likeness (QED) is 0.555. The second-order valence-corrected chi connectivity index (χ2v) is 8.03. The standard InChI is InChI=1S/C23H30F3N3O2/c1-27-13-15-28(16-14-27)12-4-2-3-5-17-31-21-9-7-20(8-10-21)29-18-19(23(24,25)26)6-11-22(29)30/h6-11,18H,2-5,12-17H2,1H3. The lowest BCUT2D eigenvalue weighted by Gasteiger charge is -2.32. The summed E-state index contributed by atoms with van der Waals surface area (Å²) in [7, 11) is 2.16. The molecule has 2 heterocycles. The van der Waals surface area contributed by atoms with Crippen molar-refractivity contribution in [3.8, 4) is 11.4 Å². The molecule has 3 rings (SSSR count). The Morgan fingerprint density at radius 1 is 0.903 bits per heavy atom. The molecular formula is C23H30F3N3O2. The summed E-state index contributed by atoms with van der Waals surface area (Å²) in [5, 5.41) is 0. The lowest BCUT2D eigenvalue weighted by Crippen LogP contribution is -2.44. The Morgan fingerprint density at radius 3 is 2.26 bits per heavy atom. The highest BCUT2D eigenvalue weighted by Gasteiger charge is 2.31. The van der Waals surface area contributed by atoms with Crippen LogP contribution < -0.4 is 10.3 Å². The molecule has 0 saturated carbocycles. The second-order valence-electron chi connectivity index (χ2n) is 8.03. The van der Waals surface area contributed by atoms with Crippen LogP contribution in [0, 0.1) is 0 Å². The zero-order chi connectivity index (χ0) is 22.3. The van der Waals surface area contributed by atoms with Crippen molar-refractivity contribution in [3.05, 3.63) is 58.5 Å². The van der Waals surface area contributed by atoms with Crippen molar-refractivity contribution in [1.82, 2.24) is 14.4 Å². The molecule has 0 spiro atoms. The van der Waals surface area contributed by atoms with Gasteiger partial charge in [-0.1, -0.05) is 12.8 Å². The number of piperazine rings is 1. The maximum absolute atomic E-state index is 12.9. The molecule has 0 atom stereocenters. The minimum Gasteiger partial charge on any atom is -0.494 e. The molecule has 170 valence electrons. The summed E-state index contributed by atoms with van der Waals surface area (Å²) in [6, 6.07) is 8.25. The smallest absolute Gasteiger partial charge is 0.417 e. The molecule has 1 fully saturated rings. The van der Waals surface area contributed by atoms with Crippen LogP contribution in [0.15, 0.2) is 47.4 Å². The number of halogens is 3. The van der Waals surface area contributed by atoms with Crippen LogP contribution in [-0.2, 0) is 6.18 Å². The third-order valence-corrected chi connectivity index (χ3v) is 5.59. The molecule has 1 aliphatic heterocycles. The van der Waals surface area contributed by atoms with E-state index >= 15 is 0 Å². The van der Waals surface area contributed by atoms with Crippen LogP contribution in [-0.4, -0.2) is 60.7 Å². The van der Waals surface area contributed by atoms with Gasteiger partial charge in [-0.2, -0.15) is 13.2 Å². The van der Waals surface area contributed by atoms with Gasteiger partial charge in [0.05, 0.1) is 12.2 Å². The first kappa shape index (κ1) is 23.3. The van der Waals surface area contributed by atoms with Gasteiger partial charge >= 0.3 is 6.18 Å². The number of aromatic nitrogens is 1. The zero-order valence-corrected chi connectivity index (χ0v) is 17.9. The molecule has 1 aliphatic rings. The van der Waals surface area contributed by atoms with E-state index in [9.17, 15) is 18.0 Å². The summed E-state index contributed by atoms with van der Waals surface area (Å²) >= 11 is 0. The van der Waals surface area contributed by atoms with E-state index in [0.717, 1.165) is 68.5 Å². The minimum atomic E-state index is -4.50. The van der Waals surface area contributed by atoms with Gasteiger partial charge in [0.25, 0.3) is 5.56 Å². The van der Waals surface area contributed by atoms with E-state index in [2.05, 4.69) is 16.8 Å². The van der Waals surface area contributed by atoms with E-state index in [1.165, 1.54) is 12.8 Å². The fourth-order valence-corrected chi connectivity index (χ4v) is 3.61. The van der Waals surface area contributed by atoms with Crippen molar-refractivity contribution < 1.29 is 17.9 Å². The van der Waals surface area contributed by atoms with Crippen LogP contribution in [0.5, 0.6) is 5.75 Å². The van der Waals surface area contributed by atoms with E-state index in [4.69, 9.17) is 4.74 Å². The Balaban J connectivity index is 1.39. The van der Waals surface area contributed by atoms with Gasteiger partial charge in [0.2, 0.25) is 0 Å². The molecule has 0 unspecified atom stereocenters. The highest BCUT2D eigenvalue weighted by atomic mass is 19.4. The molecular weight excluding hydrogens is 407 g/mol. The average Bonchev–Trinajstić information content (AvgIpc) is 2.74. The summed E-state index contributed by atoms with van der Waals surface area (Å²) in [6.07, 6.45) is 0.754. The highest BCUT2D eigenvalue weighted by Crippen LogP contribution is 2.28. The molecule has 0 radical (unpaired) electrons. The number of alkyl halides is 3. The second kappa shape index (κ2) is 10.8. The fourth-order valence-electron chi connectivity index (χ4n) is 3.61. The topological polar surface area (TPSA) is 37.7 Å². The fraction of sp³-hybridized carbons (Fsp3) is 0.522. The molecule has 0 amide bonds. The Labute approximate surface area is 181 Å². The molecule has 0 bridgehead atoms. The van der Waals surface area contributed by atoms with E-state index in [1.807, 2.05) is 0 Å². The molecule has 31 heavy (non-hydrogen) atoms. The summed E-state index contributed by atoms with van der Waals surface area (Å²) in [4.78, 5) is 16.8. The summed E-state index contributed by atoms with van der Waals surface area (Å²) in [5.41, 5.74) is -1.01. The van der Waals surface area contributed by atoms with Crippen LogP contribution in [0.2, 0.25) is 0 Å². The number of likely N-dealkylation sites (N-methyl/N-ethyl adjacent to an activating group) is 1. The average molecular weight is 438 g/mol. The van der Waals surface area contributed by atoms with Crippen LogP contribution >= 0.6 is 0 Å². The molecule has 0 aliphatic carbocycles. The van der Waals surface area contributed by atoms with Crippen molar-refractivity contribution in [1.29, 1.82) is 0 Å². The first-order valence-corrected chi connectivity index (χ1v) is 10.8. The third kappa shape index (κ3) is 7.11. The molecule has 8 heteroatoms. The SMILES string of the molecule is CN1CCN(CCCCCCOc2ccc(-n3cc(C(F)(F)F)ccc3=O)cc2)CC1. The van der Waals surface area contributed by atoms with Crippen molar-refractivity contribution in [2.24, 2.45) is 0 Å². The van der Waals surface area contributed by atoms with Crippen molar-refractivity contribution >= 4 is 0 Å². The highest BCUT2D eigenvalue weighted by molar-refractivity contribution is 5.38. The van der Waals surface area contributed by atoms with E-state index in [1.54, 1.807) is 24.3 Å². The van der Waals surface area contributed by atoms with Gasteiger partial charge in [-0.15, -0.1) is 0 Å². The Bertz CT molecular complexity index is 873. The number of unbranched alkanes of at least 4 members (excludes halogenated alkanes) is 3. The summed E-state index contributed by atoms with van der Waals surface area (Å²) < 4.78 is 45.4. The van der Waals surface area contributed by atoms with E-state index < -0.39 is 17.3 Å². The molecule has 5 nitrogen and oxygen atoms in total. The van der Waals surface area contributed by atoms with E-state index in [-0.39, 0.29) is 0 Å². The Hall–Kier alpha value is -2.32. The molecule has 2 aromatic rings. The maximum Gasteiger partial charge on any atom is 0.417 e. The number of ether oxygens (including phenoxy) is 1. The zero-order valence-electron chi connectivity index (χ0n) is 17.9. The van der Waals surface area contributed by atoms with Crippen LogP contribution in [0.3, 0.4) is 0 Å². The maximum atomic E-state index is 12.9. The first-order chi connectivity index (χ1) is 14.8. The number of nitrogens with zero attached hydrogens (tertiary/aromatic N) is 3. The van der Waals surface area contributed by atoms with E-state index in [0.29, 0.717) is 18.0 Å². The predicted molar refractivity (Wildman–Crippen MR) is 115 cm³/mol. The van der Waals surface area contributed by atoms with Crippen molar-refractivity contribution in [2.45, 2.75) is 31.9 Å². The normalized spacial score (nSPS) is 15.9. The van der Waals surface area contributed by atoms with Crippen LogP contribution in [0.1, 0.15) is 31.2 Å². The predicted octanol–water partition coefficient (Wildman–Crippen LogP) is 4.04. The number of hydrogen-bond donors (Lipinski definition) is 0. The molecule has 1 aromatic heterocycles. The van der Waals surface area contributed by atoms with Gasteiger partial charge in [-0.3, -0.25) is 9.36 Å². The Morgan fingerprint density at radius 2 is 1.58 bits per heavy atom. The van der Waals surface area contributed by atoms with Crippen molar-refractivity contribution in [2.75, 3.05) is 46.4 Å². The van der Waals surface area contributed by atoms with Gasteiger partial charge in [0.1, 0.15) is 5.75 Å². The number of pyridine rings is 1. The monoisotopic (exact) mass is 437 g/mol. The Kier molecular flexibility index (Phi) is 8.15. The largest absolute Gasteiger partial charge is 0.494 e. The molecule has 0 N–H and O–H groups in total. The lowest BCUT2D eigenvalue weighted by molar-refractivity contribution is -0.138. The number of rotatable bonds is 9. The minimum absolute atomic E-state index is 0.368. The summed E-state index contributed by atoms with van der Waals surface area (Å²) in [6.45, 7) is 6.36. The molecule has 1 saturated heterocycles. The van der Waals surface area contributed by atoms with Gasteiger partial charge in [0.15, 0.2) is 0 Å². The van der Waals surface area contributed by atoms with Crippen molar-refractivity contribution in [3.63, 3.8) is 0 Å². The van der Waals surface area contributed by atoms with Gasteiger partial charge < -0.3 is 14.5 Å². The van der Waals surface area contributed by atoms with Crippen LogP contribution in [0.25, 0.3) is 5.69 Å². The van der Waals surface area contributed by atoms with Gasteiger partial charge in [-0.25, -0.2) is 0 Å².